The van der Waals surface area contributed by atoms with E-state index in [0.717, 1.165) is 18.4 Å². The summed E-state index contributed by atoms with van der Waals surface area (Å²) < 4.78 is 25.5. The summed E-state index contributed by atoms with van der Waals surface area (Å²) in [5.41, 5.74) is 2.00. The summed E-state index contributed by atoms with van der Waals surface area (Å²) in [5, 5.41) is 10.9. The zero-order chi connectivity index (χ0) is 19.4. The van der Waals surface area contributed by atoms with Gasteiger partial charge < -0.3 is 14.6 Å². The smallest absolute Gasteiger partial charge is 0.173 e. The van der Waals surface area contributed by atoms with E-state index in [2.05, 4.69) is 0 Å². The van der Waals surface area contributed by atoms with E-state index in [9.17, 15) is 14.3 Å². The Morgan fingerprint density at radius 2 is 1.89 bits per heavy atom. The van der Waals surface area contributed by atoms with Crippen molar-refractivity contribution in [3.63, 3.8) is 0 Å². The Morgan fingerprint density at radius 1 is 1.14 bits per heavy atom. The van der Waals surface area contributed by atoms with Gasteiger partial charge in [0.15, 0.2) is 17.3 Å². The third-order valence-corrected chi connectivity index (χ3v) is 6.19. The SMILES string of the molecule is CCc1ccc(Oc2ccccc2F)cc1C1=C(O)[C@H]2[C@@H](C1=O)[C@H]1CC[C@@H]2O1. The molecular weight excluding hydrogens is 359 g/mol. The topological polar surface area (TPSA) is 55.8 Å². The Kier molecular flexibility index (Phi) is 4.02. The maximum absolute atomic E-state index is 14.0. The minimum absolute atomic E-state index is 0.0487. The largest absolute Gasteiger partial charge is 0.511 e. The lowest BCUT2D eigenvalue weighted by Gasteiger charge is -2.19. The van der Waals surface area contributed by atoms with Crippen LogP contribution in [0.4, 0.5) is 4.39 Å². The van der Waals surface area contributed by atoms with Gasteiger partial charge in [-0.25, -0.2) is 4.39 Å². The molecule has 4 nitrogen and oxygen atoms in total. The van der Waals surface area contributed by atoms with Crippen molar-refractivity contribution < 1.29 is 23.8 Å². The monoisotopic (exact) mass is 380 g/mol. The molecule has 2 fully saturated rings. The van der Waals surface area contributed by atoms with Gasteiger partial charge in [0.25, 0.3) is 0 Å². The summed E-state index contributed by atoms with van der Waals surface area (Å²) in [4.78, 5) is 13.2. The third-order valence-electron chi connectivity index (χ3n) is 6.19. The van der Waals surface area contributed by atoms with Gasteiger partial charge in [0.1, 0.15) is 11.5 Å². The van der Waals surface area contributed by atoms with Crippen LogP contribution in [-0.2, 0) is 16.0 Å². The molecule has 1 N–H and O–H groups in total. The molecule has 0 spiro atoms. The van der Waals surface area contributed by atoms with E-state index in [4.69, 9.17) is 9.47 Å². The Hall–Kier alpha value is -2.66. The van der Waals surface area contributed by atoms with Crippen molar-refractivity contribution in [2.75, 3.05) is 0 Å². The lowest BCUT2D eigenvalue weighted by molar-refractivity contribution is -0.118. The third kappa shape index (κ3) is 2.49. The highest BCUT2D eigenvalue weighted by Crippen LogP contribution is 2.54. The quantitative estimate of drug-likeness (QED) is 0.826. The number of Topliss-reactive ketones (excluding diaryl/α,β-unsaturated/α-hetero) is 1. The Morgan fingerprint density at radius 3 is 2.61 bits per heavy atom. The fourth-order valence-electron chi connectivity index (χ4n) is 4.90. The molecule has 2 bridgehead atoms. The maximum Gasteiger partial charge on any atom is 0.173 e. The minimum atomic E-state index is -0.453. The number of hydrogen-bond donors (Lipinski definition) is 1. The summed E-state index contributed by atoms with van der Waals surface area (Å²) in [5.74, 6) is -0.325. The molecule has 2 aromatic rings. The molecule has 0 amide bonds. The summed E-state index contributed by atoms with van der Waals surface area (Å²) in [6.07, 6.45) is 2.30. The first-order chi connectivity index (χ1) is 13.6. The van der Waals surface area contributed by atoms with Crippen LogP contribution < -0.4 is 4.74 Å². The Labute approximate surface area is 162 Å². The van der Waals surface area contributed by atoms with E-state index in [-0.39, 0.29) is 41.3 Å². The molecule has 5 heteroatoms. The number of hydrogen-bond acceptors (Lipinski definition) is 4. The van der Waals surface area contributed by atoms with Crippen LogP contribution in [0.25, 0.3) is 5.57 Å². The van der Waals surface area contributed by atoms with Crippen molar-refractivity contribution in [2.24, 2.45) is 11.8 Å². The average molecular weight is 380 g/mol. The lowest BCUT2D eigenvalue weighted by atomic mass is 9.80. The van der Waals surface area contributed by atoms with Crippen LogP contribution in [-0.4, -0.2) is 23.1 Å². The van der Waals surface area contributed by atoms with E-state index in [1.54, 1.807) is 30.3 Å². The normalized spacial score (nSPS) is 28.1. The van der Waals surface area contributed by atoms with Gasteiger partial charge >= 0.3 is 0 Å². The van der Waals surface area contributed by atoms with E-state index >= 15 is 0 Å². The number of ether oxygens (including phenoxy) is 2. The second-order valence-corrected chi connectivity index (χ2v) is 7.67. The number of carbonyl (C=O) groups excluding carboxylic acids is 1. The molecule has 144 valence electrons. The van der Waals surface area contributed by atoms with Gasteiger partial charge in [-0.15, -0.1) is 0 Å². The number of benzene rings is 2. The Balaban J connectivity index is 1.56. The fraction of sp³-hybridized carbons (Fsp3) is 0.348. The molecular formula is C23H21FO4. The molecule has 2 heterocycles. The number of carbonyl (C=O) groups is 1. The van der Waals surface area contributed by atoms with Gasteiger partial charge in [-0.05, 0) is 54.7 Å². The molecule has 28 heavy (non-hydrogen) atoms. The van der Waals surface area contributed by atoms with Crippen molar-refractivity contribution >= 4 is 11.4 Å². The number of fused-ring (bicyclic) bond motifs is 5. The second-order valence-electron chi connectivity index (χ2n) is 7.67. The van der Waals surface area contributed by atoms with Gasteiger partial charge in [-0.3, -0.25) is 4.79 Å². The highest BCUT2D eigenvalue weighted by atomic mass is 19.1. The highest BCUT2D eigenvalue weighted by Gasteiger charge is 2.59. The zero-order valence-corrected chi connectivity index (χ0v) is 15.5. The predicted octanol–water partition coefficient (Wildman–Crippen LogP) is 4.83. The van der Waals surface area contributed by atoms with Crippen molar-refractivity contribution in [1.29, 1.82) is 0 Å². The molecule has 0 radical (unpaired) electrons. The summed E-state index contributed by atoms with van der Waals surface area (Å²) in [6.45, 7) is 2.00. The second kappa shape index (κ2) is 6.45. The number of aliphatic hydroxyl groups is 1. The first kappa shape index (κ1) is 17.4. The van der Waals surface area contributed by atoms with Crippen LogP contribution >= 0.6 is 0 Å². The molecule has 5 rings (SSSR count). The molecule has 0 unspecified atom stereocenters. The van der Waals surface area contributed by atoms with Crippen LogP contribution in [0.5, 0.6) is 11.5 Å². The van der Waals surface area contributed by atoms with E-state index in [0.29, 0.717) is 23.3 Å². The fourth-order valence-corrected chi connectivity index (χ4v) is 4.90. The van der Waals surface area contributed by atoms with Crippen molar-refractivity contribution in [3.8, 4) is 11.5 Å². The zero-order valence-electron chi connectivity index (χ0n) is 15.5. The molecule has 2 aliphatic heterocycles. The summed E-state index contributed by atoms with van der Waals surface area (Å²) >= 11 is 0. The number of aryl methyl sites for hydroxylation is 1. The molecule has 0 aromatic heterocycles. The lowest BCUT2D eigenvalue weighted by Crippen LogP contribution is -2.29. The number of halogens is 1. The molecule has 2 saturated heterocycles. The molecule has 1 aliphatic carbocycles. The van der Waals surface area contributed by atoms with Crippen LogP contribution in [0.3, 0.4) is 0 Å². The predicted molar refractivity (Wildman–Crippen MR) is 102 cm³/mol. The number of allylic oxidation sites excluding steroid dienone is 1. The van der Waals surface area contributed by atoms with Gasteiger partial charge in [-0.2, -0.15) is 0 Å². The Bertz CT molecular complexity index is 996. The van der Waals surface area contributed by atoms with Crippen molar-refractivity contribution in [1.82, 2.24) is 0 Å². The van der Waals surface area contributed by atoms with Crippen LogP contribution in [0.15, 0.2) is 48.2 Å². The van der Waals surface area contributed by atoms with Gasteiger partial charge in [0.05, 0.1) is 29.6 Å². The standard InChI is InChI=1S/C23H21FO4/c1-2-12-7-8-13(27-16-6-4-3-5-15(16)24)11-14(12)19-22(25)20-17-9-10-18(28-17)21(20)23(19)26/h3-8,11,17-18,20-21,25H,2,9-10H2,1H3/t17-,18+,20+,21-/m0/s1. The number of rotatable bonds is 4. The summed E-state index contributed by atoms with van der Waals surface area (Å²) in [6, 6.07) is 11.6. The first-order valence-electron chi connectivity index (χ1n) is 9.77. The van der Waals surface area contributed by atoms with Gasteiger partial charge in [-0.1, -0.05) is 25.1 Å². The average Bonchev–Trinajstić information content (AvgIpc) is 3.37. The molecule has 0 saturated carbocycles. The molecule has 4 atom stereocenters. The highest BCUT2D eigenvalue weighted by molar-refractivity contribution is 6.25. The summed E-state index contributed by atoms with van der Waals surface area (Å²) in [7, 11) is 0. The molecule has 3 aliphatic rings. The van der Waals surface area contributed by atoms with Crippen molar-refractivity contribution in [2.45, 2.75) is 38.4 Å². The van der Waals surface area contributed by atoms with Crippen molar-refractivity contribution in [3.05, 3.63) is 65.2 Å². The molecule has 2 aromatic carbocycles. The van der Waals surface area contributed by atoms with E-state index < -0.39 is 5.82 Å². The van der Waals surface area contributed by atoms with Crippen LogP contribution in [0.2, 0.25) is 0 Å². The number of para-hydroxylation sites is 1. The minimum Gasteiger partial charge on any atom is -0.511 e. The maximum atomic E-state index is 14.0. The van der Waals surface area contributed by atoms with Gasteiger partial charge in [0.2, 0.25) is 0 Å². The van der Waals surface area contributed by atoms with E-state index in [1.165, 1.54) is 6.07 Å². The first-order valence-corrected chi connectivity index (χ1v) is 9.77. The van der Waals surface area contributed by atoms with Crippen LogP contribution in [0.1, 0.15) is 30.9 Å². The van der Waals surface area contributed by atoms with Gasteiger partial charge in [0, 0.05) is 0 Å². The van der Waals surface area contributed by atoms with Crippen LogP contribution in [0, 0.1) is 17.7 Å². The van der Waals surface area contributed by atoms with E-state index in [1.807, 2.05) is 13.0 Å². The number of aliphatic hydroxyl groups excluding tert-OH is 1. The number of ketones is 1.